The van der Waals surface area contributed by atoms with Crippen LogP contribution in [0.1, 0.15) is 30.1 Å². The second kappa shape index (κ2) is 5.43. The van der Waals surface area contributed by atoms with Crippen LogP contribution in [0.4, 0.5) is 0 Å². The first-order valence-electron chi connectivity index (χ1n) is 5.06. The average molecular weight is 191 g/mol. The van der Waals surface area contributed by atoms with Gasteiger partial charge in [0.15, 0.2) is 0 Å². The van der Waals surface area contributed by atoms with Crippen molar-refractivity contribution in [3.63, 3.8) is 0 Å². The maximum absolute atomic E-state index is 11.8. The maximum Gasteiger partial charge on any atom is 0.253 e. The van der Waals surface area contributed by atoms with Gasteiger partial charge in [-0.1, -0.05) is 31.5 Å². The monoisotopic (exact) mass is 191 g/mol. The normalized spacial score (nSPS) is 9.86. The zero-order valence-electron chi connectivity index (χ0n) is 8.86. The SMILES string of the molecule is CCCCN(C)C(=O)c1ccccc1. The van der Waals surface area contributed by atoms with E-state index in [1.165, 1.54) is 0 Å². The molecule has 1 aromatic rings. The Morgan fingerprint density at radius 1 is 1.29 bits per heavy atom. The highest BCUT2D eigenvalue weighted by Crippen LogP contribution is 2.03. The summed E-state index contributed by atoms with van der Waals surface area (Å²) < 4.78 is 0. The van der Waals surface area contributed by atoms with Gasteiger partial charge in [0.2, 0.25) is 0 Å². The minimum absolute atomic E-state index is 0.110. The molecule has 0 N–H and O–H groups in total. The van der Waals surface area contributed by atoms with Crippen molar-refractivity contribution < 1.29 is 4.79 Å². The van der Waals surface area contributed by atoms with Gasteiger partial charge in [-0.25, -0.2) is 0 Å². The summed E-state index contributed by atoms with van der Waals surface area (Å²) in [5.74, 6) is 0.110. The molecule has 2 nitrogen and oxygen atoms in total. The average Bonchev–Trinajstić information content (AvgIpc) is 2.26. The van der Waals surface area contributed by atoms with Crippen molar-refractivity contribution in [3.05, 3.63) is 35.9 Å². The first-order chi connectivity index (χ1) is 6.75. The molecule has 0 aliphatic heterocycles. The van der Waals surface area contributed by atoms with Crippen LogP contribution < -0.4 is 0 Å². The van der Waals surface area contributed by atoms with Crippen LogP contribution in [0.15, 0.2) is 30.3 Å². The first-order valence-corrected chi connectivity index (χ1v) is 5.06. The fourth-order valence-corrected chi connectivity index (χ4v) is 1.30. The molecule has 14 heavy (non-hydrogen) atoms. The first kappa shape index (κ1) is 10.8. The molecule has 0 saturated heterocycles. The molecule has 0 heterocycles. The van der Waals surface area contributed by atoms with Gasteiger partial charge < -0.3 is 4.90 Å². The molecule has 0 bridgehead atoms. The predicted octanol–water partition coefficient (Wildman–Crippen LogP) is 2.56. The molecule has 0 aliphatic rings. The minimum Gasteiger partial charge on any atom is -0.342 e. The van der Waals surface area contributed by atoms with Crippen molar-refractivity contribution >= 4 is 5.91 Å². The maximum atomic E-state index is 11.8. The number of carbonyl (C=O) groups excluding carboxylic acids is 1. The third-order valence-electron chi connectivity index (χ3n) is 2.21. The number of hydrogen-bond donors (Lipinski definition) is 0. The number of nitrogens with zero attached hydrogens (tertiary/aromatic N) is 1. The minimum atomic E-state index is 0.110. The summed E-state index contributed by atoms with van der Waals surface area (Å²) in [6.45, 7) is 2.96. The van der Waals surface area contributed by atoms with E-state index in [0.717, 1.165) is 24.9 Å². The van der Waals surface area contributed by atoms with Crippen molar-refractivity contribution in [1.29, 1.82) is 0 Å². The van der Waals surface area contributed by atoms with E-state index in [1.54, 1.807) is 4.90 Å². The standard InChI is InChI=1S/C12H17NO/c1-3-4-10-13(2)12(14)11-8-6-5-7-9-11/h5-9H,3-4,10H2,1-2H3. The zero-order chi connectivity index (χ0) is 10.4. The molecule has 0 radical (unpaired) electrons. The lowest BCUT2D eigenvalue weighted by molar-refractivity contribution is 0.0793. The molecular weight excluding hydrogens is 174 g/mol. The highest BCUT2D eigenvalue weighted by Gasteiger charge is 2.09. The van der Waals surface area contributed by atoms with Gasteiger partial charge >= 0.3 is 0 Å². The summed E-state index contributed by atoms with van der Waals surface area (Å²) in [5, 5.41) is 0. The van der Waals surface area contributed by atoms with Gasteiger partial charge in [-0.15, -0.1) is 0 Å². The van der Waals surface area contributed by atoms with Crippen molar-refractivity contribution in [3.8, 4) is 0 Å². The van der Waals surface area contributed by atoms with Gasteiger partial charge in [0.1, 0.15) is 0 Å². The Morgan fingerprint density at radius 2 is 1.93 bits per heavy atom. The molecular formula is C12H17NO. The van der Waals surface area contributed by atoms with Gasteiger partial charge in [-0.2, -0.15) is 0 Å². The molecule has 76 valence electrons. The van der Waals surface area contributed by atoms with Crippen molar-refractivity contribution in [2.75, 3.05) is 13.6 Å². The number of amides is 1. The molecule has 0 fully saturated rings. The number of benzene rings is 1. The second-order valence-electron chi connectivity index (χ2n) is 3.45. The van der Waals surface area contributed by atoms with Crippen LogP contribution in [0.25, 0.3) is 0 Å². The quantitative estimate of drug-likeness (QED) is 0.716. The van der Waals surface area contributed by atoms with Crippen LogP contribution >= 0.6 is 0 Å². The Balaban J connectivity index is 2.57. The number of unbranched alkanes of at least 4 members (excludes halogenated alkanes) is 1. The third-order valence-corrected chi connectivity index (χ3v) is 2.21. The smallest absolute Gasteiger partial charge is 0.253 e. The molecule has 0 unspecified atom stereocenters. The number of rotatable bonds is 4. The molecule has 0 saturated carbocycles. The van der Waals surface area contributed by atoms with Gasteiger partial charge in [0.25, 0.3) is 5.91 Å². The van der Waals surface area contributed by atoms with E-state index in [0.29, 0.717) is 0 Å². The van der Waals surface area contributed by atoms with Gasteiger partial charge in [-0.3, -0.25) is 4.79 Å². The van der Waals surface area contributed by atoms with Gasteiger partial charge in [-0.05, 0) is 18.6 Å². The van der Waals surface area contributed by atoms with E-state index in [4.69, 9.17) is 0 Å². The highest BCUT2D eigenvalue weighted by molar-refractivity contribution is 5.93. The third kappa shape index (κ3) is 2.87. The Hall–Kier alpha value is -1.31. The van der Waals surface area contributed by atoms with Crippen LogP contribution in [0.5, 0.6) is 0 Å². The number of hydrogen-bond acceptors (Lipinski definition) is 1. The van der Waals surface area contributed by atoms with E-state index in [-0.39, 0.29) is 5.91 Å². The highest BCUT2D eigenvalue weighted by atomic mass is 16.2. The van der Waals surface area contributed by atoms with Crippen LogP contribution in [0, 0.1) is 0 Å². The summed E-state index contributed by atoms with van der Waals surface area (Å²) in [6, 6.07) is 9.40. The van der Waals surface area contributed by atoms with Gasteiger partial charge in [0, 0.05) is 19.2 Å². The molecule has 0 aromatic heterocycles. The zero-order valence-corrected chi connectivity index (χ0v) is 8.86. The van der Waals surface area contributed by atoms with E-state index in [2.05, 4.69) is 6.92 Å². The van der Waals surface area contributed by atoms with E-state index in [1.807, 2.05) is 37.4 Å². The van der Waals surface area contributed by atoms with Crippen LogP contribution in [0.2, 0.25) is 0 Å². The lowest BCUT2D eigenvalue weighted by Crippen LogP contribution is -2.27. The van der Waals surface area contributed by atoms with E-state index in [9.17, 15) is 4.79 Å². The molecule has 2 heteroatoms. The molecule has 0 atom stereocenters. The largest absolute Gasteiger partial charge is 0.342 e. The molecule has 1 rings (SSSR count). The lowest BCUT2D eigenvalue weighted by atomic mass is 10.2. The molecule has 0 aliphatic carbocycles. The second-order valence-corrected chi connectivity index (χ2v) is 3.45. The molecule has 1 aromatic carbocycles. The van der Waals surface area contributed by atoms with Crippen LogP contribution in [0.3, 0.4) is 0 Å². The summed E-state index contributed by atoms with van der Waals surface area (Å²) in [6.07, 6.45) is 2.18. The molecule has 1 amide bonds. The Bertz CT molecular complexity index is 282. The summed E-state index contributed by atoms with van der Waals surface area (Å²) >= 11 is 0. The summed E-state index contributed by atoms with van der Waals surface area (Å²) in [7, 11) is 1.85. The summed E-state index contributed by atoms with van der Waals surface area (Å²) in [4.78, 5) is 13.6. The van der Waals surface area contributed by atoms with Crippen LogP contribution in [-0.4, -0.2) is 24.4 Å². The lowest BCUT2D eigenvalue weighted by Gasteiger charge is -2.16. The van der Waals surface area contributed by atoms with Crippen molar-refractivity contribution in [2.24, 2.45) is 0 Å². The summed E-state index contributed by atoms with van der Waals surface area (Å²) in [5.41, 5.74) is 0.770. The fraction of sp³-hybridized carbons (Fsp3) is 0.417. The Morgan fingerprint density at radius 3 is 2.50 bits per heavy atom. The number of carbonyl (C=O) groups is 1. The van der Waals surface area contributed by atoms with E-state index >= 15 is 0 Å². The predicted molar refractivity (Wildman–Crippen MR) is 58.3 cm³/mol. The Labute approximate surface area is 85.5 Å². The Kier molecular flexibility index (Phi) is 4.17. The fourth-order valence-electron chi connectivity index (χ4n) is 1.30. The molecule has 0 spiro atoms. The van der Waals surface area contributed by atoms with Crippen molar-refractivity contribution in [1.82, 2.24) is 4.90 Å². The topological polar surface area (TPSA) is 20.3 Å². The van der Waals surface area contributed by atoms with E-state index < -0.39 is 0 Å². The van der Waals surface area contributed by atoms with Crippen LogP contribution in [-0.2, 0) is 0 Å². The van der Waals surface area contributed by atoms with Gasteiger partial charge in [0.05, 0.1) is 0 Å². The van der Waals surface area contributed by atoms with Crippen molar-refractivity contribution in [2.45, 2.75) is 19.8 Å².